The topological polar surface area (TPSA) is 61.4 Å². The SMILES string of the molecule is O=C1NC2(CCNC2)C(=O)N1CCSC(F)(F)F. The number of nitrogens with one attached hydrogen (secondary N) is 2. The first-order valence-corrected chi connectivity index (χ1v) is 6.38. The molecule has 2 aliphatic heterocycles. The molecule has 2 aliphatic rings. The van der Waals surface area contributed by atoms with E-state index in [1.54, 1.807) is 0 Å². The van der Waals surface area contributed by atoms with Gasteiger partial charge in [0.1, 0.15) is 5.54 Å². The second kappa shape index (κ2) is 4.61. The molecule has 0 aliphatic carbocycles. The van der Waals surface area contributed by atoms with Crippen molar-refractivity contribution in [3.63, 3.8) is 0 Å². The van der Waals surface area contributed by atoms with Gasteiger partial charge in [0, 0.05) is 18.8 Å². The van der Waals surface area contributed by atoms with Crippen molar-refractivity contribution in [1.82, 2.24) is 15.5 Å². The van der Waals surface area contributed by atoms with Crippen LogP contribution in [0.1, 0.15) is 6.42 Å². The quantitative estimate of drug-likeness (QED) is 0.742. The Hall–Kier alpha value is -0.960. The van der Waals surface area contributed by atoms with Crippen molar-refractivity contribution in [2.24, 2.45) is 0 Å². The molecule has 1 atom stereocenters. The van der Waals surface area contributed by atoms with Crippen molar-refractivity contribution in [1.29, 1.82) is 0 Å². The number of hydrogen-bond acceptors (Lipinski definition) is 4. The molecule has 9 heteroatoms. The highest BCUT2D eigenvalue weighted by molar-refractivity contribution is 8.00. The van der Waals surface area contributed by atoms with E-state index >= 15 is 0 Å². The predicted octanol–water partition coefficient (Wildman–Crippen LogP) is 0.523. The average molecular weight is 283 g/mol. The normalized spacial score (nSPS) is 28.3. The van der Waals surface area contributed by atoms with Crippen LogP contribution in [-0.2, 0) is 4.79 Å². The molecule has 2 N–H and O–H groups in total. The second-order valence-corrected chi connectivity index (χ2v) is 5.35. The van der Waals surface area contributed by atoms with E-state index in [1.807, 2.05) is 0 Å². The number of thioether (sulfide) groups is 1. The van der Waals surface area contributed by atoms with Crippen LogP contribution in [0.5, 0.6) is 0 Å². The average Bonchev–Trinajstić information content (AvgIpc) is 2.78. The lowest BCUT2D eigenvalue weighted by Gasteiger charge is -2.19. The lowest BCUT2D eigenvalue weighted by atomic mass is 9.99. The largest absolute Gasteiger partial charge is 0.441 e. The van der Waals surface area contributed by atoms with Crippen LogP contribution in [0.3, 0.4) is 0 Å². The molecule has 3 amide bonds. The van der Waals surface area contributed by atoms with Crippen molar-refractivity contribution in [2.75, 3.05) is 25.4 Å². The summed E-state index contributed by atoms with van der Waals surface area (Å²) in [6.07, 6.45) is 0.473. The predicted molar refractivity (Wildman–Crippen MR) is 59.0 cm³/mol. The van der Waals surface area contributed by atoms with Gasteiger partial charge in [-0.3, -0.25) is 9.69 Å². The highest BCUT2D eigenvalue weighted by atomic mass is 32.2. The minimum absolute atomic E-state index is 0.226. The minimum Gasteiger partial charge on any atom is -0.322 e. The van der Waals surface area contributed by atoms with E-state index in [-0.39, 0.29) is 24.1 Å². The highest BCUT2D eigenvalue weighted by Crippen LogP contribution is 2.31. The summed E-state index contributed by atoms with van der Waals surface area (Å²) in [4.78, 5) is 24.5. The van der Waals surface area contributed by atoms with Gasteiger partial charge in [-0.1, -0.05) is 0 Å². The number of alkyl halides is 3. The monoisotopic (exact) mass is 283 g/mol. The van der Waals surface area contributed by atoms with E-state index < -0.39 is 23.0 Å². The first-order chi connectivity index (χ1) is 8.34. The van der Waals surface area contributed by atoms with Gasteiger partial charge in [-0.05, 0) is 24.7 Å². The number of hydrogen-bond donors (Lipinski definition) is 2. The molecule has 2 rings (SSSR count). The fourth-order valence-electron chi connectivity index (χ4n) is 2.11. The number of imide groups is 1. The molecule has 2 fully saturated rings. The van der Waals surface area contributed by atoms with E-state index in [0.29, 0.717) is 19.5 Å². The Labute approximate surface area is 105 Å². The first-order valence-electron chi connectivity index (χ1n) is 5.40. The maximum Gasteiger partial charge on any atom is 0.441 e. The van der Waals surface area contributed by atoms with Crippen molar-refractivity contribution in [3.8, 4) is 0 Å². The number of carbonyl (C=O) groups excluding carboxylic acids is 2. The Bertz CT molecular complexity index is 369. The molecule has 1 spiro atoms. The third kappa shape index (κ3) is 2.56. The summed E-state index contributed by atoms with van der Waals surface area (Å²) >= 11 is -0.234. The summed E-state index contributed by atoms with van der Waals surface area (Å²) in [5.41, 5.74) is -5.29. The number of amides is 3. The zero-order valence-electron chi connectivity index (χ0n) is 9.34. The van der Waals surface area contributed by atoms with Crippen LogP contribution in [0.25, 0.3) is 0 Å². The molecule has 0 radical (unpaired) electrons. The van der Waals surface area contributed by atoms with Crippen LogP contribution in [0.2, 0.25) is 0 Å². The van der Waals surface area contributed by atoms with Crippen molar-refractivity contribution < 1.29 is 22.8 Å². The van der Waals surface area contributed by atoms with E-state index in [4.69, 9.17) is 0 Å². The standard InChI is InChI=1S/C9H12F3N3O2S/c10-9(11,12)18-4-3-15-6(16)8(14-7(15)17)1-2-13-5-8/h13H,1-5H2,(H,14,17). The molecule has 18 heavy (non-hydrogen) atoms. The Kier molecular flexibility index (Phi) is 3.45. The molecule has 0 aromatic heterocycles. The molecular formula is C9H12F3N3O2S. The zero-order chi connectivity index (χ0) is 13.4. The molecule has 1 unspecified atom stereocenters. The van der Waals surface area contributed by atoms with Gasteiger partial charge in [-0.2, -0.15) is 13.2 Å². The van der Waals surface area contributed by atoms with Gasteiger partial charge in [-0.25, -0.2) is 4.79 Å². The van der Waals surface area contributed by atoms with Gasteiger partial charge in [0.05, 0.1) is 0 Å². The van der Waals surface area contributed by atoms with Crippen LogP contribution in [0.15, 0.2) is 0 Å². The molecular weight excluding hydrogens is 271 g/mol. The number of urea groups is 1. The van der Waals surface area contributed by atoms with Gasteiger partial charge < -0.3 is 10.6 Å². The van der Waals surface area contributed by atoms with Crippen molar-refractivity contribution in [2.45, 2.75) is 17.5 Å². The van der Waals surface area contributed by atoms with Gasteiger partial charge in [0.25, 0.3) is 5.91 Å². The summed E-state index contributed by atoms with van der Waals surface area (Å²) in [7, 11) is 0. The summed E-state index contributed by atoms with van der Waals surface area (Å²) in [5, 5.41) is 5.52. The number of rotatable bonds is 3. The van der Waals surface area contributed by atoms with Crippen LogP contribution in [-0.4, -0.2) is 53.3 Å². The first kappa shape index (κ1) is 13.5. The second-order valence-electron chi connectivity index (χ2n) is 4.19. The molecule has 102 valence electrons. The third-order valence-electron chi connectivity index (χ3n) is 2.98. The van der Waals surface area contributed by atoms with Crippen LogP contribution in [0.4, 0.5) is 18.0 Å². The van der Waals surface area contributed by atoms with E-state index in [0.717, 1.165) is 4.90 Å². The van der Waals surface area contributed by atoms with Gasteiger partial charge in [-0.15, -0.1) is 0 Å². The fraction of sp³-hybridized carbons (Fsp3) is 0.778. The molecule has 0 aromatic rings. The molecule has 0 aromatic carbocycles. The Morgan fingerprint density at radius 3 is 2.67 bits per heavy atom. The lowest BCUT2D eigenvalue weighted by molar-refractivity contribution is -0.130. The Morgan fingerprint density at radius 2 is 2.11 bits per heavy atom. The third-order valence-corrected chi connectivity index (χ3v) is 3.70. The number of halogens is 3. The Balaban J connectivity index is 1.93. The van der Waals surface area contributed by atoms with Gasteiger partial charge in [0.15, 0.2) is 0 Å². The van der Waals surface area contributed by atoms with Crippen LogP contribution >= 0.6 is 11.8 Å². The van der Waals surface area contributed by atoms with E-state index in [1.165, 1.54) is 0 Å². The molecule has 0 saturated carbocycles. The van der Waals surface area contributed by atoms with Crippen LogP contribution < -0.4 is 10.6 Å². The molecule has 5 nitrogen and oxygen atoms in total. The summed E-state index contributed by atoms with van der Waals surface area (Å²) in [6, 6.07) is -0.605. The van der Waals surface area contributed by atoms with E-state index in [2.05, 4.69) is 10.6 Å². The fourth-order valence-corrected chi connectivity index (χ4v) is 2.62. The molecule has 2 saturated heterocycles. The van der Waals surface area contributed by atoms with Gasteiger partial charge in [0.2, 0.25) is 0 Å². The number of nitrogens with zero attached hydrogens (tertiary/aromatic N) is 1. The molecule has 0 bridgehead atoms. The van der Waals surface area contributed by atoms with Crippen molar-refractivity contribution >= 4 is 23.7 Å². The summed E-state index contributed by atoms with van der Waals surface area (Å²) < 4.78 is 35.9. The van der Waals surface area contributed by atoms with Crippen LogP contribution in [0, 0.1) is 0 Å². The summed E-state index contributed by atoms with van der Waals surface area (Å²) in [5.74, 6) is -0.771. The molecule has 2 heterocycles. The maximum absolute atomic E-state index is 12.0. The summed E-state index contributed by atoms with van der Waals surface area (Å²) in [6.45, 7) is 0.717. The lowest BCUT2D eigenvalue weighted by Crippen LogP contribution is -2.48. The Morgan fingerprint density at radius 1 is 1.39 bits per heavy atom. The van der Waals surface area contributed by atoms with Crippen molar-refractivity contribution in [3.05, 3.63) is 0 Å². The minimum atomic E-state index is -4.34. The maximum atomic E-state index is 12.0. The van der Waals surface area contributed by atoms with E-state index in [9.17, 15) is 22.8 Å². The smallest absolute Gasteiger partial charge is 0.322 e. The number of carbonyl (C=O) groups is 2. The van der Waals surface area contributed by atoms with Gasteiger partial charge >= 0.3 is 11.5 Å². The highest BCUT2D eigenvalue weighted by Gasteiger charge is 2.52. The zero-order valence-corrected chi connectivity index (χ0v) is 10.2.